The van der Waals surface area contributed by atoms with Gasteiger partial charge in [0, 0.05) is 5.02 Å². The lowest BCUT2D eigenvalue weighted by Gasteiger charge is -2.30. The number of aliphatic hydroxyl groups excluding tert-OH is 1. The number of imidazole rings is 1. The lowest BCUT2D eigenvalue weighted by Crippen LogP contribution is -2.48. The normalized spacial score (nSPS) is 24.9. The van der Waals surface area contributed by atoms with Gasteiger partial charge in [0.2, 0.25) is 16.0 Å². The minimum Gasteiger partial charge on any atom is -0.461 e. The topological polar surface area (TPSA) is 251 Å². The number of sulfonamides is 1. The number of hydrogen-bond acceptors (Lipinski definition) is 15. The molecular weight excluding hydrogens is 671 g/mol. The van der Waals surface area contributed by atoms with E-state index < -0.39 is 59.9 Å². The fraction of sp³-hybridized carbons (Fsp3) is 0.520. The number of nitrogens with two attached hydrogens (primary N) is 1. The number of esters is 1. The van der Waals surface area contributed by atoms with Gasteiger partial charge in [0.25, 0.3) is 0 Å². The van der Waals surface area contributed by atoms with Crippen LogP contribution in [0.5, 0.6) is 5.75 Å². The predicted octanol–water partition coefficient (Wildman–Crippen LogP) is 1.22. The zero-order valence-electron chi connectivity index (χ0n) is 25.1. The first-order chi connectivity index (χ1) is 21.4. The third-order valence-corrected chi connectivity index (χ3v) is 9.47. The van der Waals surface area contributed by atoms with Crippen molar-refractivity contribution >= 4 is 58.3 Å². The molecule has 1 saturated heterocycles. The number of fused-ring (bicyclic) bond motifs is 1. The quantitative estimate of drug-likeness (QED) is 0.0831. The second kappa shape index (κ2) is 12.5. The molecule has 46 heavy (non-hydrogen) atoms. The molecule has 2 unspecified atom stereocenters. The van der Waals surface area contributed by atoms with E-state index in [0.29, 0.717) is 5.02 Å². The number of carbonyl (C=O) groups excluding carboxylic acids is 1. The third kappa shape index (κ3) is 7.70. The summed E-state index contributed by atoms with van der Waals surface area (Å²) in [5.74, 6) is -0.924. The first kappa shape index (κ1) is 34.2. The highest BCUT2D eigenvalue weighted by molar-refractivity contribution is 7.88. The van der Waals surface area contributed by atoms with Crippen LogP contribution in [-0.2, 0) is 33.4 Å². The van der Waals surface area contributed by atoms with Gasteiger partial charge in [0.15, 0.2) is 23.2 Å². The molecule has 1 aliphatic carbocycles. The number of carbonyl (C=O) groups is 1. The molecule has 1 aliphatic heterocycles. The SMILES string of the molecule is CC(C)(NP(=O)(OCC1O[C@@H](n2cnc3c(NNS(C)(=O)=O)nc(N)nc32)[C@](C)(O)[C@@H]1O)Oc1ccc(Cl)cc1)C(=O)OC1CC1. The van der Waals surface area contributed by atoms with Gasteiger partial charge in [0.05, 0.1) is 19.2 Å². The molecule has 0 spiro atoms. The van der Waals surface area contributed by atoms with Gasteiger partial charge in [-0.2, -0.15) is 15.1 Å². The van der Waals surface area contributed by atoms with Crippen LogP contribution in [-0.4, -0.2) is 86.4 Å². The van der Waals surface area contributed by atoms with Crippen LogP contribution in [0, 0.1) is 0 Å². The summed E-state index contributed by atoms with van der Waals surface area (Å²) in [7, 11) is -8.10. The van der Waals surface area contributed by atoms with E-state index in [9.17, 15) is 28.0 Å². The largest absolute Gasteiger partial charge is 0.461 e. The van der Waals surface area contributed by atoms with Crippen LogP contribution in [0.1, 0.15) is 39.8 Å². The molecule has 2 aromatic heterocycles. The van der Waals surface area contributed by atoms with E-state index in [1.807, 2.05) is 0 Å². The predicted molar refractivity (Wildman–Crippen MR) is 164 cm³/mol. The number of hydrazine groups is 1. The summed E-state index contributed by atoms with van der Waals surface area (Å²) in [5.41, 5.74) is 4.80. The Labute approximate surface area is 268 Å². The summed E-state index contributed by atoms with van der Waals surface area (Å²) in [4.78, 5) is 27.2. The Bertz CT molecular complexity index is 1770. The number of aromatic nitrogens is 4. The molecule has 5 rings (SSSR count). The van der Waals surface area contributed by atoms with Gasteiger partial charge in [-0.25, -0.2) is 18.0 Å². The maximum Gasteiger partial charge on any atom is 0.459 e. The van der Waals surface area contributed by atoms with E-state index in [2.05, 4.69) is 30.3 Å². The van der Waals surface area contributed by atoms with Crippen molar-refractivity contribution in [2.24, 2.45) is 0 Å². The molecule has 3 aromatic rings. The lowest BCUT2D eigenvalue weighted by molar-refractivity contribution is -0.151. The maximum atomic E-state index is 14.1. The Kier molecular flexibility index (Phi) is 9.28. The number of nitrogens with one attached hydrogen (secondary N) is 3. The zero-order chi connectivity index (χ0) is 33.7. The molecule has 21 heteroatoms. The number of anilines is 2. The van der Waals surface area contributed by atoms with Crippen molar-refractivity contribution in [1.82, 2.24) is 29.4 Å². The van der Waals surface area contributed by atoms with Crippen molar-refractivity contribution < 1.29 is 46.5 Å². The van der Waals surface area contributed by atoms with Gasteiger partial charge < -0.3 is 29.9 Å². The van der Waals surface area contributed by atoms with Gasteiger partial charge in [-0.05, 0) is 57.9 Å². The summed E-state index contributed by atoms with van der Waals surface area (Å²) in [5, 5.41) is 25.5. The minimum absolute atomic E-state index is 0.0266. The van der Waals surface area contributed by atoms with Crippen LogP contribution in [0.25, 0.3) is 11.2 Å². The molecule has 3 heterocycles. The van der Waals surface area contributed by atoms with Crippen molar-refractivity contribution in [3.63, 3.8) is 0 Å². The van der Waals surface area contributed by atoms with Crippen LogP contribution in [0.3, 0.4) is 0 Å². The summed E-state index contributed by atoms with van der Waals surface area (Å²) in [6.07, 6.45) is -0.866. The molecule has 252 valence electrons. The van der Waals surface area contributed by atoms with Gasteiger partial charge in [-0.1, -0.05) is 11.6 Å². The van der Waals surface area contributed by atoms with E-state index in [4.69, 9.17) is 35.9 Å². The molecule has 1 saturated carbocycles. The van der Waals surface area contributed by atoms with Crippen LogP contribution < -0.4 is 25.6 Å². The number of nitrogens with zero attached hydrogens (tertiary/aromatic N) is 4. The number of aliphatic hydroxyl groups is 2. The smallest absolute Gasteiger partial charge is 0.459 e. The second-order valence-corrected chi connectivity index (χ2v) is 15.5. The first-order valence-corrected chi connectivity index (χ1v) is 17.7. The number of benzene rings is 1. The van der Waals surface area contributed by atoms with E-state index in [1.165, 1.54) is 55.9 Å². The number of hydrogen-bond donors (Lipinski definition) is 6. The summed E-state index contributed by atoms with van der Waals surface area (Å²) in [6.45, 7) is 3.61. The molecule has 5 atom stereocenters. The highest BCUT2D eigenvalue weighted by Gasteiger charge is 2.54. The van der Waals surface area contributed by atoms with E-state index in [0.717, 1.165) is 19.1 Å². The summed E-state index contributed by atoms with van der Waals surface area (Å²) < 4.78 is 61.3. The lowest BCUT2D eigenvalue weighted by atomic mass is 9.96. The maximum absolute atomic E-state index is 14.1. The Hall–Kier alpha value is -3.13. The van der Waals surface area contributed by atoms with Crippen LogP contribution in [0.2, 0.25) is 5.02 Å². The van der Waals surface area contributed by atoms with Crippen molar-refractivity contribution in [2.75, 3.05) is 24.0 Å². The molecule has 0 amide bonds. The van der Waals surface area contributed by atoms with Crippen LogP contribution in [0.4, 0.5) is 11.8 Å². The molecule has 0 radical (unpaired) electrons. The second-order valence-electron chi connectivity index (χ2n) is 11.6. The molecule has 18 nitrogen and oxygen atoms in total. The average Bonchev–Trinajstić information content (AvgIpc) is 3.63. The third-order valence-electron chi connectivity index (χ3n) is 6.97. The fourth-order valence-electron chi connectivity index (χ4n) is 4.47. The van der Waals surface area contributed by atoms with E-state index in [1.54, 1.807) is 0 Å². The highest BCUT2D eigenvalue weighted by Crippen LogP contribution is 2.48. The molecule has 7 N–H and O–H groups in total. The van der Waals surface area contributed by atoms with Crippen LogP contribution >= 0.6 is 19.3 Å². The Morgan fingerprint density at radius 3 is 2.59 bits per heavy atom. The zero-order valence-corrected chi connectivity index (χ0v) is 27.5. The average molecular weight is 705 g/mol. The monoisotopic (exact) mass is 704 g/mol. The van der Waals surface area contributed by atoms with Crippen molar-refractivity contribution in [1.29, 1.82) is 0 Å². The van der Waals surface area contributed by atoms with E-state index in [-0.39, 0.29) is 34.8 Å². The summed E-state index contributed by atoms with van der Waals surface area (Å²) >= 11 is 5.97. The number of halogens is 1. The molecule has 0 bridgehead atoms. The molecule has 2 aliphatic rings. The number of nitrogen functional groups attached to an aromatic ring is 1. The number of rotatable bonds is 13. The standard InChI is InChI=1S/C25H34ClN8O10PS/c1-24(2,22(36)42-14-9-10-14)32-45(38,44-15-7-5-13(26)6-8-15)41-11-16-18(35)25(3,37)21(43-16)34-12-28-17-19(31-33-46(4,39)40)29-23(27)30-20(17)34/h5-8,12,14,16,18,21,33,35,37H,9-11H2,1-4H3,(H,32,38)(H3,27,29,30,31)/t16?,18-,21-,25-,45?/m1/s1. The highest BCUT2D eigenvalue weighted by atomic mass is 35.5. The van der Waals surface area contributed by atoms with Gasteiger partial charge in [-0.15, -0.1) is 4.83 Å². The molecular formula is C25H34ClN8O10PS. The molecule has 2 fully saturated rings. The minimum atomic E-state index is -4.42. The van der Waals surface area contributed by atoms with Crippen molar-refractivity contribution in [3.8, 4) is 5.75 Å². The van der Waals surface area contributed by atoms with E-state index >= 15 is 0 Å². The Morgan fingerprint density at radius 2 is 1.96 bits per heavy atom. The molecule has 1 aromatic carbocycles. The Morgan fingerprint density at radius 1 is 1.28 bits per heavy atom. The van der Waals surface area contributed by atoms with Gasteiger partial charge in [-0.3, -0.25) is 19.3 Å². The van der Waals surface area contributed by atoms with Crippen molar-refractivity contribution in [2.45, 2.75) is 69.3 Å². The first-order valence-electron chi connectivity index (χ1n) is 13.9. The fourth-order valence-corrected chi connectivity index (χ4v) is 6.56. The van der Waals surface area contributed by atoms with Gasteiger partial charge in [0.1, 0.15) is 35.2 Å². The summed E-state index contributed by atoms with van der Waals surface area (Å²) in [6, 6.07) is 5.90. The van der Waals surface area contributed by atoms with Gasteiger partial charge >= 0.3 is 13.7 Å². The van der Waals surface area contributed by atoms with Crippen molar-refractivity contribution in [3.05, 3.63) is 35.6 Å². The number of ether oxygens (including phenoxy) is 2. The van der Waals surface area contributed by atoms with Crippen LogP contribution in [0.15, 0.2) is 30.6 Å². The Balaban J connectivity index is 1.38.